The van der Waals surface area contributed by atoms with Crippen LogP contribution in [0.25, 0.3) is 6.08 Å². The number of rotatable bonds is 8. The number of carboxylic acids is 1. The molecule has 1 unspecified atom stereocenters. The Morgan fingerprint density at radius 3 is 2.73 bits per heavy atom. The molecule has 30 heavy (non-hydrogen) atoms. The molecular weight excluding hydrogens is 376 g/mol. The quantitative estimate of drug-likeness (QED) is 0.558. The monoisotopic (exact) mass is 410 g/mol. The van der Waals surface area contributed by atoms with E-state index in [0.717, 1.165) is 31.2 Å². The third-order valence-corrected chi connectivity index (χ3v) is 7.19. The van der Waals surface area contributed by atoms with Crippen molar-refractivity contribution in [2.45, 2.75) is 76.1 Å². The van der Waals surface area contributed by atoms with Crippen molar-refractivity contribution >= 4 is 12.0 Å². The standard InChI is InChI=1S/C26H34O4/c27-21(17-19-6-2-1-3-7-19)12-13-23-22(24-14-15-25(23)30-24)11-5-9-18-8-4-10-20(16-18)26(28)29/h4-5,8-10,12-13,16,19,21-25,27H,1-3,6-7,11,14-15,17H2,(H,28,29)/t21?,22-,23+,24-,25+/m1/s1. The first-order chi connectivity index (χ1) is 14.6. The molecule has 3 fully saturated rings. The molecule has 1 aliphatic carbocycles. The molecule has 3 aliphatic rings. The summed E-state index contributed by atoms with van der Waals surface area (Å²) in [6.45, 7) is 0. The number of aromatic carboxylic acids is 1. The molecule has 2 saturated heterocycles. The van der Waals surface area contributed by atoms with E-state index < -0.39 is 5.97 Å². The molecule has 0 spiro atoms. The molecule has 162 valence electrons. The fraction of sp³-hybridized carbons (Fsp3) is 0.577. The zero-order chi connectivity index (χ0) is 20.9. The van der Waals surface area contributed by atoms with Gasteiger partial charge in [-0.2, -0.15) is 0 Å². The van der Waals surface area contributed by atoms with E-state index in [1.165, 1.54) is 32.1 Å². The third kappa shape index (κ3) is 5.22. The van der Waals surface area contributed by atoms with Crippen LogP contribution in [-0.2, 0) is 4.74 Å². The number of carboxylic acid groups (broad SMARTS) is 1. The van der Waals surface area contributed by atoms with Gasteiger partial charge in [0, 0.05) is 5.92 Å². The fourth-order valence-electron chi connectivity index (χ4n) is 5.62. The Bertz CT molecular complexity index is 777. The molecule has 1 saturated carbocycles. The number of aliphatic hydroxyl groups is 1. The van der Waals surface area contributed by atoms with E-state index in [4.69, 9.17) is 9.84 Å². The normalized spacial score (nSPS) is 30.4. The molecule has 2 bridgehead atoms. The number of benzene rings is 1. The zero-order valence-electron chi connectivity index (χ0n) is 17.7. The Kier molecular flexibility index (Phi) is 7.06. The first-order valence-corrected chi connectivity index (χ1v) is 11.6. The molecular formula is C26H34O4. The van der Waals surface area contributed by atoms with Crippen molar-refractivity contribution in [3.63, 3.8) is 0 Å². The maximum Gasteiger partial charge on any atom is 0.335 e. The van der Waals surface area contributed by atoms with Gasteiger partial charge in [-0.05, 0) is 55.2 Å². The maximum absolute atomic E-state index is 11.1. The predicted molar refractivity (Wildman–Crippen MR) is 118 cm³/mol. The van der Waals surface area contributed by atoms with Gasteiger partial charge in [0.2, 0.25) is 0 Å². The highest BCUT2D eigenvalue weighted by Gasteiger charge is 2.46. The van der Waals surface area contributed by atoms with Gasteiger partial charge < -0.3 is 14.9 Å². The molecule has 2 aliphatic heterocycles. The molecule has 2 N–H and O–H groups in total. The number of hydrogen-bond acceptors (Lipinski definition) is 3. The van der Waals surface area contributed by atoms with Crippen molar-refractivity contribution < 1.29 is 19.7 Å². The summed E-state index contributed by atoms with van der Waals surface area (Å²) < 4.78 is 6.19. The van der Waals surface area contributed by atoms with Crippen LogP contribution in [0.1, 0.15) is 73.7 Å². The predicted octanol–water partition coefficient (Wildman–Crippen LogP) is 5.47. The number of ether oxygens (including phenoxy) is 1. The molecule has 1 aromatic carbocycles. The van der Waals surface area contributed by atoms with Crippen molar-refractivity contribution in [2.75, 3.05) is 0 Å². The summed E-state index contributed by atoms with van der Waals surface area (Å²) in [6.07, 6.45) is 19.2. The lowest BCUT2D eigenvalue weighted by atomic mass is 9.77. The van der Waals surface area contributed by atoms with Gasteiger partial charge in [0.1, 0.15) is 0 Å². The van der Waals surface area contributed by atoms with Gasteiger partial charge in [-0.15, -0.1) is 0 Å². The van der Waals surface area contributed by atoms with Crippen molar-refractivity contribution in [2.24, 2.45) is 17.8 Å². The summed E-state index contributed by atoms with van der Waals surface area (Å²) in [7, 11) is 0. The maximum atomic E-state index is 11.1. The topological polar surface area (TPSA) is 66.8 Å². The second-order valence-corrected chi connectivity index (χ2v) is 9.29. The van der Waals surface area contributed by atoms with E-state index in [2.05, 4.69) is 12.2 Å². The van der Waals surface area contributed by atoms with Crippen LogP contribution in [0.2, 0.25) is 0 Å². The van der Waals surface area contributed by atoms with Crippen LogP contribution in [0.5, 0.6) is 0 Å². The average Bonchev–Trinajstić information content (AvgIpc) is 3.35. The first kappa shape index (κ1) is 21.3. The Morgan fingerprint density at radius 1 is 1.13 bits per heavy atom. The Balaban J connectivity index is 1.35. The Hall–Kier alpha value is -1.91. The SMILES string of the molecule is O=C(O)c1cccc(C=CC[C@@H]2[C@H](C=CC(O)CC3CCCCC3)[C@@H]3CC[C@H]2O3)c1. The molecule has 2 heterocycles. The lowest BCUT2D eigenvalue weighted by molar-refractivity contribution is 0.0696. The van der Waals surface area contributed by atoms with Crippen LogP contribution in [-0.4, -0.2) is 34.5 Å². The van der Waals surface area contributed by atoms with Crippen LogP contribution in [0, 0.1) is 17.8 Å². The van der Waals surface area contributed by atoms with Gasteiger partial charge in [0.15, 0.2) is 0 Å². The fourth-order valence-corrected chi connectivity index (χ4v) is 5.62. The van der Waals surface area contributed by atoms with Crippen LogP contribution >= 0.6 is 0 Å². The van der Waals surface area contributed by atoms with Crippen molar-refractivity contribution in [1.82, 2.24) is 0 Å². The first-order valence-electron chi connectivity index (χ1n) is 11.6. The van der Waals surface area contributed by atoms with Crippen LogP contribution in [0.15, 0.2) is 42.5 Å². The zero-order valence-corrected chi connectivity index (χ0v) is 17.7. The summed E-state index contributed by atoms with van der Waals surface area (Å²) in [6, 6.07) is 7.03. The van der Waals surface area contributed by atoms with E-state index in [1.54, 1.807) is 18.2 Å². The molecule has 5 atom stereocenters. The summed E-state index contributed by atoms with van der Waals surface area (Å²) in [5.41, 5.74) is 1.22. The van der Waals surface area contributed by atoms with E-state index in [1.807, 2.05) is 18.2 Å². The summed E-state index contributed by atoms with van der Waals surface area (Å²) in [4.78, 5) is 11.1. The molecule has 0 radical (unpaired) electrons. The van der Waals surface area contributed by atoms with Crippen molar-refractivity contribution in [3.05, 3.63) is 53.6 Å². The highest BCUT2D eigenvalue weighted by molar-refractivity contribution is 5.88. The minimum Gasteiger partial charge on any atom is -0.478 e. The molecule has 4 nitrogen and oxygen atoms in total. The van der Waals surface area contributed by atoms with Crippen molar-refractivity contribution in [1.29, 1.82) is 0 Å². The summed E-state index contributed by atoms with van der Waals surface area (Å²) in [5.74, 6) is 0.569. The van der Waals surface area contributed by atoms with Gasteiger partial charge in [-0.1, -0.05) is 68.5 Å². The van der Waals surface area contributed by atoms with Crippen LogP contribution in [0.3, 0.4) is 0 Å². The van der Waals surface area contributed by atoms with Gasteiger partial charge in [-0.25, -0.2) is 4.79 Å². The van der Waals surface area contributed by atoms with Gasteiger partial charge >= 0.3 is 5.97 Å². The molecule has 0 amide bonds. The molecule has 1 aromatic rings. The van der Waals surface area contributed by atoms with E-state index >= 15 is 0 Å². The minimum absolute atomic E-state index is 0.280. The number of allylic oxidation sites excluding steroid dienone is 1. The second-order valence-electron chi connectivity index (χ2n) is 9.29. The lowest BCUT2D eigenvalue weighted by Gasteiger charge is -2.26. The highest BCUT2D eigenvalue weighted by Crippen LogP contribution is 2.46. The number of hydrogen-bond donors (Lipinski definition) is 2. The number of carbonyl (C=O) groups is 1. The summed E-state index contributed by atoms with van der Waals surface area (Å²) >= 11 is 0. The molecule has 0 aromatic heterocycles. The largest absolute Gasteiger partial charge is 0.478 e. The van der Waals surface area contributed by atoms with Gasteiger partial charge in [-0.3, -0.25) is 0 Å². The minimum atomic E-state index is -0.899. The Morgan fingerprint density at radius 2 is 1.93 bits per heavy atom. The van der Waals surface area contributed by atoms with Crippen LogP contribution in [0.4, 0.5) is 0 Å². The summed E-state index contributed by atoms with van der Waals surface area (Å²) in [5, 5.41) is 19.7. The third-order valence-electron chi connectivity index (χ3n) is 7.19. The number of aliphatic hydroxyl groups excluding tert-OH is 1. The lowest BCUT2D eigenvalue weighted by Crippen LogP contribution is -2.25. The van der Waals surface area contributed by atoms with Crippen LogP contribution < -0.4 is 0 Å². The van der Waals surface area contributed by atoms with E-state index in [-0.39, 0.29) is 12.2 Å². The van der Waals surface area contributed by atoms with E-state index in [0.29, 0.717) is 29.4 Å². The molecule has 4 heteroatoms. The Labute approximate surface area is 179 Å². The van der Waals surface area contributed by atoms with Crippen molar-refractivity contribution in [3.8, 4) is 0 Å². The number of fused-ring (bicyclic) bond motifs is 2. The smallest absolute Gasteiger partial charge is 0.335 e. The van der Waals surface area contributed by atoms with Gasteiger partial charge in [0.05, 0.1) is 23.9 Å². The van der Waals surface area contributed by atoms with E-state index in [9.17, 15) is 9.90 Å². The van der Waals surface area contributed by atoms with Gasteiger partial charge in [0.25, 0.3) is 0 Å². The highest BCUT2D eigenvalue weighted by atomic mass is 16.5. The second kappa shape index (κ2) is 9.93. The average molecular weight is 411 g/mol. The molecule has 4 rings (SSSR count).